The third kappa shape index (κ3) is 3.84. The highest BCUT2D eigenvalue weighted by atomic mass is 31.2. The molecule has 27 heavy (non-hydrogen) atoms. The Labute approximate surface area is 157 Å². The van der Waals surface area contributed by atoms with Crippen molar-refractivity contribution in [2.75, 3.05) is 6.61 Å². The van der Waals surface area contributed by atoms with Gasteiger partial charge in [-0.2, -0.15) is 0 Å². The first-order valence-corrected chi connectivity index (χ1v) is 9.91. The standard InChI is InChI=1S/C18H21N2O6P/c1-11-3-4-12(2)17-14(11)10-24-27(26-17)23-9-13-5-6-16(25-13)20-8-7-15(21)19-18(20)22/h3-4,7-8,13,16H,5-6,9-10H2,1-2H3,(H,19,21,22). The van der Waals surface area contributed by atoms with E-state index in [1.54, 1.807) is 0 Å². The minimum atomic E-state index is -1.48. The monoisotopic (exact) mass is 392 g/mol. The van der Waals surface area contributed by atoms with E-state index in [0.717, 1.165) is 28.9 Å². The Kier molecular flexibility index (Phi) is 5.14. The maximum atomic E-state index is 11.9. The molecule has 1 saturated heterocycles. The molecule has 0 amide bonds. The van der Waals surface area contributed by atoms with Crippen molar-refractivity contribution in [1.82, 2.24) is 9.55 Å². The van der Waals surface area contributed by atoms with Crippen LogP contribution < -0.4 is 15.8 Å². The summed E-state index contributed by atoms with van der Waals surface area (Å²) >= 11 is 0. The van der Waals surface area contributed by atoms with Gasteiger partial charge in [-0.25, -0.2) is 4.79 Å². The van der Waals surface area contributed by atoms with Gasteiger partial charge in [-0.05, 0) is 37.8 Å². The number of aromatic amines is 1. The van der Waals surface area contributed by atoms with E-state index in [9.17, 15) is 9.59 Å². The number of ether oxygens (including phenoxy) is 1. The van der Waals surface area contributed by atoms with Crippen molar-refractivity contribution in [3.05, 3.63) is 61.9 Å². The summed E-state index contributed by atoms with van der Waals surface area (Å²) in [4.78, 5) is 25.3. The van der Waals surface area contributed by atoms with Crippen LogP contribution in [0.5, 0.6) is 5.75 Å². The van der Waals surface area contributed by atoms with Gasteiger partial charge in [-0.15, -0.1) is 0 Å². The predicted molar refractivity (Wildman–Crippen MR) is 98.7 cm³/mol. The van der Waals surface area contributed by atoms with Crippen LogP contribution in [-0.4, -0.2) is 22.3 Å². The first-order valence-electron chi connectivity index (χ1n) is 8.81. The number of aromatic nitrogens is 2. The molecule has 3 unspecified atom stereocenters. The topological polar surface area (TPSA) is 91.8 Å². The number of fused-ring (bicyclic) bond motifs is 1. The molecule has 8 nitrogen and oxygen atoms in total. The van der Waals surface area contributed by atoms with Gasteiger partial charge in [0.25, 0.3) is 5.56 Å². The average molecular weight is 392 g/mol. The van der Waals surface area contributed by atoms with Gasteiger partial charge in [-0.3, -0.25) is 23.4 Å². The van der Waals surface area contributed by atoms with E-state index >= 15 is 0 Å². The molecular formula is C18H21N2O6P. The van der Waals surface area contributed by atoms with Gasteiger partial charge in [0.15, 0.2) is 0 Å². The van der Waals surface area contributed by atoms with Crippen molar-refractivity contribution in [2.45, 2.75) is 45.6 Å². The molecule has 2 aliphatic rings. The largest absolute Gasteiger partial charge is 0.426 e. The van der Waals surface area contributed by atoms with Crippen molar-refractivity contribution < 1.29 is 18.3 Å². The average Bonchev–Trinajstić information content (AvgIpc) is 3.12. The molecule has 0 spiro atoms. The Balaban J connectivity index is 1.34. The van der Waals surface area contributed by atoms with Crippen LogP contribution in [0.3, 0.4) is 0 Å². The van der Waals surface area contributed by atoms with Crippen molar-refractivity contribution in [3.63, 3.8) is 0 Å². The number of aryl methyl sites for hydroxylation is 2. The number of rotatable bonds is 4. The summed E-state index contributed by atoms with van der Waals surface area (Å²) in [7, 11) is -1.48. The van der Waals surface area contributed by atoms with Crippen LogP contribution in [0.15, 0.2) is 34.0 Å². The molecule has 0 saturated carbocycles. The highest BCUT2D eigenvalue weighted by Crippen LogP contribution is 2.49. The lowest BCUT2D eigenvalue weighted by Gasteiger charge is -2.27. The van der Waals surface area contributed by atoms with Gasteiger partial charge in [-0.1, -0.05) is 12.1 Å². The predicted octanol–water partition coefficient (Wildman–Crippen LogP) is 2.68. The molecule has 1 aromatic carbocycles. The third-order valence-corrected chi connectivity index (χ3v) is 5.82. The first kappa shape index (κ1) is 18.4. The quantitative estimate of drug-likeness (QED) is 0.805. The fourth-order valence-electron chi connectivity index (χ4n) is 3.24. The van der Waals surface area contributed by atoms with E-state index in [1.165, 1.54) is 16.8 Å². The Hall–Kier alpha value is -1.99. The van der Waals surface area contributed by atoms with E-state index < -0.39 is 26.1 Å². The molecule has 0 bridgehead atoms. The molecule has 1 N–H and O–H groups in total. The van der Waals surface area contributed by atoms with Crippen LogP contribution in [0.2, 0.25) is 0 Å². The van der Waals surface area contributed by atoms with Crippen molar-refractivity contribution in [3.8, 4) is 5.75 Å². The molecule has 4 rings (SSSR count). The Bertz CT molecular complexity index is 956. The minimum Gasteiger partial charge on any atom is -0.426 e. The molecule has 0 radical (unpaired) electrons. The van der Waals surface area contributed by atoms with Gasteiger partial charge in [0.2, 0.25) is 0 Å². The van der Waals surface area contributed by atoms with E-state index in [0.29, 0.717) is 19.6 Å². The zero-order valence-electron chi connectivity index (χ0n) is 15.1. The lowest BCUT2D eigenvalue weighted by atomic mass is 10.0. The Morgan fingerprint density at radius 3 is 2.85 bits per heavy atom. The minimum absolute atomic E-state index is 0.163. The Morgan fingerprint density at radius 1 is 1.22 bits per heavy atom. The van der Waals surface area contributed by atoms with Gasteiger partial charge < -0.3 is 9.26 Å². The fourth-order valence-corrected chi connectivity index (χ4v) is 4.35. The second-order valence-corrected chi connectivity index (χ2v) is 7.84. The van der Waals surface area contributed by atoms with Gasteiger partial charge in [0, 0.05) is 17.8 Å². The number of benzene rings is 1. The highest BCUT2D eigenvalue weighted by molar-refractivity contribution is 7.42. The normalized spacial score (nSPS) is 24.4. The SMILES string of the molecule is Cc1ccc(C)c2c1COP(OCC1CCC(n3ccc(=O)[nH]c3=O)O1)O2. The molecule has 1 aromatic heterocycles. The van der Waals surface area contributed by atoms with Crippen LogP contribution in [0.1, 0.15) is 35.8 Å². The summed E-state index contributed by atoms with van der Waals surface area (Å²) in [6, 6.07) is 5.39. The van der Waals surface area contributed by atoms with Crippen LogP contribution in [0, 0.1) is 13.8 Å². The second kappa shape index (κ2) is 7.56. The molecule has 3 heterocycles. The summed E-state index contributed by atoms with van der Waals surface area (Å²) in [5.41, 5.74) is 2.37. The molecule has 9 heteroatoms. The lowest BCUT2D eigenvalue weighted by Crippen LogP contribution is -2.31. The lowest BCUT2D eigenvalue weighted by molar-refractivity contribution is -0.0229. The van der Waals surface area contributed by atoms with E-state index in [2.05, 4.69) is 11.1 Å². The number of hydrogen-bond donors (Lipinski definition) is 1. The molecule has 1 fully saturated rings. The molecule has 2 aliphatic heterocycles. The van der Waals surface area contributed by atoms with Crippen LogP contribution in [0.25, 0.3) is 0 Å². The molecule has 3 atom stereocenters. The summed E-state index contributed by atoms with van der Waals surface area (Å²) in [5.74, 6) is 0.845. The fraction of sp³-hybridized carbons (Fsp3) is 0.444. The van der Waals surface area contributed by atoms with Crippen molar-refractivity contribution >= 4 is 8.60 Å². The molecule has 0 aliphatic carbocycles. The smallest absolute Gasteiger partial charge is 0.397 e. The zero-order chi connectivity index (χ0) is 19.0. The van der Waals surface area contributed by atoms with Crippen LogP contribution >= 0.6 is 8.60 Å². The van der Waals surface area contributed by atoms with E-state index in [1.807, 2.05) is 19.9 Å². The molecule has 2 aromatic rings. The number of H-pyrrole nitrogens is 1. The van der Waals surface area contributed by atoms with E-state index in [4.69, 9.17) is 18.3 Å². The molecule has 144 valence electrons. The number of hydrogen-bond acceptors (Lipinski definition) is 6. The van der Waals surface area contributed by atoms with E-state index in [-0.39, 0.29) is 6.10 Å². The maximum Gasteiger partial charge on any atom is 0.397 e. The summed E-state index contributed by atoms with van der Waals surface area (Å²) in [6.45, 7) is 4.82. The zero-order valence-corrected chi connectivity index (χ0v) is 16.0. The summed E-state index contributed by atoms with van der Waals surface area (Å²) in [5, 5.41) is 0. The maximum absolute atomic E-state index is 11.9. The van der Waals surface area contributed by atoms with Gasteiger partial charge in [0.1, 0.15) is 12.0 Å². The van der Waals surface area contributed by atoms with Crippen LogP contribution in [0.4, 0.5) is 0 Å². The number of nitrogens with one attached hydrogen (secondary N) is 1. The summed E-state index contributed by atoms with van der Waals surface area (Å²) in [6.07, 6.45) is 2.29. The van der Waals surface area contributed by atoms with Crippen LogP contribution in [-0.2, 0) is 20.4 Å². The number of nitrogens with zero attached hydrogens (tertiary/aromatic N) is 1. The highest BCUT2D eigenvalue weighted by Gasteiger charge is 2.31. The third-order valence-electron chi connectivity index (χ3n) is 4.78. The van der Waals surface area contributed by atoms with Crippen molar-refractivity contribution in [2.24, 2.45) is 0 Å². The second-order valence-electron chi connectivity index (χ2n) is 6.70. The van der Waals surface area contributed by atoms with Gasteiger partial charge >= 0.3 is 14.3 Å². The summed E-state index contributed by atoms with van der Waals surface area (Å²) < 4.78 is 24.7. The first-order chi connectivity index (χ1) is 13.0. The Morgan fingerprint density at radius 2 is 2.04 bits per heavy atom. The van der Waals surface area contributed by atoms with Gasteiger partial charge in [0.05, 0.1) is 19.3 Å². The van der Waals surface area contributed by atoms with Crippen molar-refractivity contribution in [1.29, 1.82) is 0 Å². The molecular weight excluding hydrogens is 371 g/mol.